The highest BCUT2D eigenvalue weighted by molar-refractivity contribution is 5.75. The van der Waals surface area contributed by atoms with Gasteiger partial charge in [-0.2, -0.15) is 0 Å². The molecule has 0 heterocycles. The number of hydrogen-bond donors (Lipinski definition) is 0. The van der Waals surface area contributed by atoms with Gasteiger partial charge >= 0.3 is 0 Å². The van der Waals surface area contributed by atoms with Gasteiger partial charge in [-0.15, -0.1) is 0 Å². The summed E-state index contributed by atoms with van der Waals surface area (Å²) >= 11 is 0. The third kappa shape index (κ3) is 9.86. The molecule has 0 bridgehead atoms. The van der Waals surface area contributed by atoms with E-state index in [1.54, 1.807) is 0 Å². The molecule has 0 aliphatic rings. The maximum Gasteiger partial charge on any atom is 0.119 e. The van der Waals surface area contributed by atoms with Crippen molar-refractivity contribution in [2.24, 2.45) is 0 Å². The molecule has 0 amide bonds. The van der Waals surface area contributed by atoms with Crippen molar-refractivity contribution in [2.45, 2.75) is 59.3 Å². The Labute approximate surface area is 212 Å². The first-order valence-electron chi connectivity index (χ1n) is 13.1. The smallest absolute Gasteiger partial charge is 0.119 e. The molecular formula is C33H40O2. The number of benzene rings is 3. The number of unbranched alkanes of at least 4 members (excludes halogenated alkanes) is 4. The van der Waals surface area contributed by atoms with Gasteiger partial charge in [0.15, 0.2) is 0 Å². The van der Waals surface area contributed by atoms with Crippen molar-refractivity contribution in [2.75, 3.05) is 13.2 Å². The fraction of sp³-hybridized carbons (Fsp3) is 0.333. The summed E-state index contributed by atoms with van der Waals surface area (Å²) in [5.74, 6) is 1.88. The van der Waals surface area contributed by atoms with Gasteiger partial charge in [0, 0.05) is 0 Å². The van der Waals surface area contributed by atoms with Gasteiger partial charge < -0.3 is 9.47 Å². The van der Waals surface area contributed by atoms with Gasteiger partial charge in [-0.05, 0) is 77.9 Å². The Hall–Kier alpha value is -3.26. The van der Waals surface area contributed by atoms with E-state index in [1.807, 2.05) is 0 Å². The summed E-state index contributed by atoms with van der Waals surface area (Å²) in [6, 6.07) is 23.3. The van der Waals surface area contributed by atoms with Crippen molar-refractivity contribution < 1.29 is 9.47 Å². The van der Waals surface area contributed by atoms with Gasteiger partial charge in [0.2, 0.25) is 0 Å². The maximum absolute atomic E-state index is 5.81. The van der Waals surface area contributed by atoms with Gasteiger partial charge in [0.25, 0.3) is 0 Å². The molecule has 3 aromatic rings. The van der Waals surface area contributed by atoms with Crippen LogP contribution in [0.2, 0.25) is 0 Å². The molecule has 0 radical (unpaired) electrons. The third-order valence-electron chi connectivity index (χ3n) is 5.85. The van der Waals surface area contributed by atoms with Crippen LogP contribution in [0.3, 0.4) is 0 Å². The van der Waals surface area contributed by atoms with E-state index in [2.05, 4.69) is 112 Å². The predicted octanol–water partition coefficient (Wildman–Crippen LogP) is 9.47. The van der Waals surface area contributed by atoms with Crippen LogP contribution in [-0.4, -0.2) is 13.2 Å². The van der Waals surface area contributed by atoms with Crippen molar-refractivity contribution in [1.29, 1.82) is 0 Å². The van der Waals surface area contributed by atoms with Gasteiger partial charge in [0.05, 0.1) is 13.2 Å². The van der Waals surface area contributed by atoms with Gasteiger partial charge in [0.1, 0.15) is 11.5 Å². The molecule has 0 fully saturated rings. The third-order valence-corrected chi connectivity index (χ3v) is 5.85. The lowest BCUT2D eigenvalue weighted by atomic mass is 10.0. The topological polar surface area (TPSA) is 18.5 Å². The van der Waals surface area contributed by atoms with Crippen molar-refractivity contribution in [1.82, 2.24) is 0 Å². The standard InChI is InChI=1S/C33H40O2/c1-4-6-8-22-34-32-18-14-28(15-19-32)10-12-30-24-27(3)25-31(26-30)13-11-29-16-20-33(21-17-29)35-23-9-7-5-2/h10-21,24-26H,4-9,22-23H2,1-3H3/b12-10+,13-11+. The van der Waals surface area contributed by atoms with Crippen LogP contribution in [0.5, 0.6) is 11.5 Å². The lowest BCUT2D eigenvalue weighted by Crippen LogP contribution is -1.96. The summed E-state index contributed by atoms with van der Waals surface area (Å²) in [7, 11) is 0. The second-order valence-corrected chi connectivity index (χ2v) is 9.09. The minimum absolute atomic E-state index is 0.791. The van der Waals surface area contributed by atoms with Crippen molar-refractivity contribution in [3.8, 4) is 11.5 Å². The number of aryl methyl sites for hydroxylation is 1. The molecule has 0 aromatic heterocycles. The van der Waals surface area contributed by atoms with Crippen LogP contribution in [0.1, 0.15) is 80.2 Å². The van der Waals surface area contributed by atoms with Crippen LogP contribution in [-0.2, 0) is 0 Å². The number of ether oxygens (including phenoxy) is 2. The minimum Gasteiger partial charge on any atom is -0.494 e. The van der Waals surface area contributed by atoms with Crippen LogP contribution >= 0.6 is 0 Å². The second-order valence-electron chi connectivity index (χ2n) is 9.09. The van der Waals surface area contributed by atoms with E-state index in [0.29, 0.717) is 0 Å². The molecule has 3 rings (SSSR count). The van der Waals surface area contributed by atoms with E-state index in [-0.39, 0.29) is 0 Å². The van der Waals surface area contributed by atoms with Gasteiger partial charge in [-0.1, -0.05) is 100 Å². The van der Waals surface area contributed by atoms with Crippen LogP contribution in [0, 0.1) is 6.92 Å². The molecule has 0 spiro atoms. The quantitative estimate of drug-likeness (QED) is 0.173. The lowest BCUT2D eigenvalue weighted by Gasteiger charge is -2.06. The van der Waals surface area contributed by atoms with Gasteiger partial charge in [-0.3, -0.25) is 0 Å². The summed E-state index contributed by atoms with van der Waals surface area (Å²) in [4.78, 5) is 0. The van der Waals surface area contributed by atoms with Crippen molar-refractivity contribution >= 4 is 24.3 Å². The monoisotopic (exact) mass is 468 g/mol. The van der Waals surface area contributed by atoms with E-state index in [4.69, 9.17) is 9.47 Å². The Balaban J connectivity index is 1.57. The summed E-state index contributed by atoms with van der Waals surface area (Å²) in [6.07, 6.45) is 15.7. The van der Waals surface area contributed by atoms with E-state index < -0.39 is 0 Å². The highest BCUT2D eigenvalue weighted by Crippen LogP contribution is 2.19. The van der Waals surface area contributed by atoms with Gasteiger partial charge in [-0.25, -0.2) is 0 Å². The normalized spacial score (nSPS) is 11.4. The zero-order valence-corrected chi connectivity index (χ0v) is 21.6. The number of hydrogen-bond acceptors (Lipinski definition) is 2. The summed E-state index contributed by atoms with van der Waals surface area (Å²) in [5, 5.41) is 0. The van der Waals surface area contributed by atoms with Crippen LogP contribution < -0.4 is 9.47 Å². The molecule has 0 aliphatic heterocycles. The Morgan fingerprint density at radius 2 is 0.914 bits per heavy atom. The molecular weight excluding hydrogens is 428 g/mol. The first kappa shape index (κ1) is 26.3. The molecule has 2 heteroatoms. The SMILES string of the molecule is CCCCCOc1ccc(/C=C/c2cc(C)cc(/C=C/c3ccc(OCCCCC)cc3)c2)cc1. The molecule has 0 saturated heterocycles. The second kappa shape index (κ2) is 14.9. The minimum atomic E-state index is 0.791. The molecule has 0 aliphatic carbocycles. The van der Waals surface area contributed by atoms with E-state index in [1.165, 1.54) is 53.5 Å². The maximum atomic E-state index is 5.81. The summed E-state index contributed by atoms with van der Waals surface area (Å²) < 4.78 is 11.6. The highest BCUT2D eigenvalue weighted by atomic mass is 16.5. The van der Waals surface area contributed by atoms with E-state index in [0.717, 1.165) is 37.6 Å². The predicted molar refractivity (Wildman–Crippen MR) is 152 cm³/mol. The van der Waals surface area contributed by atoms with E-state index in [9.17, 15) is 0 Å². The van der Waals surface area contributed by atoms with Crippen molar-refractivity contribution in [3.63, 3.8) is 0 Å². The molecule has 184 valence electrons. The first-order valence-corrected chi connectivity index (χ1v) is 13.1. The fourth-order valence-corrected chi connectivity index (χ4v) is 3.86. The zero-order valence-electron chi connectivity index (χ0n) is 21.6. The first-order chi connectivity index (χ1) is 17.2. The summed E-state index contributed by atoms with van der Waals surface area (Å²) in [6.45, 7) is 8.14. The van der Waals surface area contributed by atoms with Crippen molar-refractivity contribution in [3.05, 3.63) is 94.5 Å². The molecule has 35 heavy (non-hydrogen) atoms. The molecule has 0 atom stereocenters. The molecule has 2 nitrogen and oxygen atoms in total. The Morgan fingerprint density at radius 1 is 0.514 bits per heavy atom. The fourth-order valence-electron chi connectivity index (χ4n) is 3.86. The molecule has 3 aromatic carbocycles. The van der Waals surface area contributed by atoms with Crippen LogP contribution in [0.25, 0.3) is 24.3 Å². The largest absolute Gasteiger partial charge is 0.494 e. The Morgan fingerprint density at radius 3 is 1.31 bits per heavy atom. The average Bonchev–Trinajstić information content (AvgIpc) is 2.88. The number of rotatable bonds is 14. The van der Waals surface area contributed by atoms with Crippen LogP contribution in [0.4, 0.5) is 0 Å². The zero-order chi connectivity index (χ0) is 24.7. The lowest BCUT2D eigenvalue weighted by molar-refractivity contribution is 0.306. The van der Waals surface area contributed by atoms with E-state index >= 15 is 0 Å². The summed E-state index contributed by atoms with van der Waals surface area (Å²) in [5.41, 5.74) is 5.97. The Bertz CT molecular complexity index is 976. The molecule has 0 N–H and O–H groups in total. The Kier molecular flexibility index (Phi) is 11.2. The average molecular weight is 469 g/mol. The van der Waals surface area contributed by atoms with Crippen LogP contribution in [0.15, 0.2) is 66.7 Å². The molecule has 0 unspecified atom stereocenters. The molecule has 0 saturated carbocycles. The highest BCUT2D eigenvalue weighted by Gasteiger charge is 1.98.